The smallest absolute Gasteiger partial charge is 0.191 e. The van der Waals surface area contributed by atoms with E-state index in [-0.39, 0.29) is 24.0 Å². The van der Waals surface area contributed by atoms with E-state index in [0.717, 1.165) is 64.9 Å². The molecule has 1 unspecified atom stereocenters. The summed E-state index contributed by atoms with van der Waals surface area (Å²) in [6.45, 7) is 10.5. The van der Waals surface area contributed by atoms with Gasteiger partial charge < -0.3 is 20.3 Å². The number of benzene rings is 2. The third-order valence-electron chi connectivity index (χ3n) is 5.95. The Labute approximate surface area is 209 Å². The van der Waals surface area contributed by atoms with Gasteiger partial charge in [-0.1, -0.05) is 42.5 Å². The van der Waals surface area contributed by atoms with Gasteiger partial charge in [-0.2, -0.15) is 0 Å². The predicted octanol–water partition coefficient (Wildman–Crippen LogP) is 3.47. The van der Waals surface area contributed by atoms with Crippen LogP contribution in [0.5, 0.6) is 0 Å². The van der Waals surface area contributed by atoms with Gasteiger partial charge in [0.2, 0.25) is 0 Å². The fourth-order valence-electron chi connectivity index (χ4n) is 4.20. The molecular formula is C25H36IN5O. The van der Waals surface area contributed by atoms with Gasteiger partial charge in [0.25, 0.3) is 0 Å². The van der Waals surface area contributed by atoms with Gasteiger partial charge in [-0.15, -0.1) is 24.0 Å². The van der Waals surface area contributed by atoms with E-state index < -0.39 is 0 Å². The monoisotopic (exact) mass is 549 g/mol. The first-order valence-electron chi connectivity index (χ1n) is 11.5. The van der Waals surface area contributed by atoms with Crippen LogP contribution in [0.2, 0.25) is 0 Å². The number of guanidine groups is 1. The van der Waals surface area contributed by atoms with Crippen molar-refractivity contribution in [2.45, 2.75) is 32.5 Å². The van der Waals surface area contributed by atoms with Gasteiger partial charge in [-0.25, -0.2) is 4.99 Å². The number of halogens is 1. The molecule has 2 aromatic carbocycles. The second-order valence-electron chi connectivity index (χ2n) is 8.31. The van der Waals surface area contributed by atoms with Crippen LogP contribution >= 0.6 is 24.0 Å². The molecule has 2 aliphatic heterocycles. The SMILES string of the molecule is CCNC(=NCc1ccc(CN2CCOCC2)cc1)NC1CCN(c2ccccc2)C1.I. The van der Waals surface area contributed by atoms with E-state index in [1.165, 1.54) is 16.8 Å². The first-order chi connectivity index (χ1) is 15.3. The van der Waals surface area contributed by atoms with Crippen LogP contribution in [-0.2, 0) is 17.8 Å². The summed E-state index contributed by atoms with van der Waals surface area (Å²) >= 11 is 0. The summed E-state index contributed by atoms with van der Waals surface area (Å²) < 4.78 is 5.44. The molecule has 2 saturated heterocycles. The van der Waals surface area contributed by atoms with E-state index in [2.05, 4.69) is 82.0 Å². The van der Waals surface area contributed by atoms with E-state index in [4.69, 9.17) is 9.73 Å². The maximum Gasteiger partial charge on any atom is 0.191 e. The maximum atomic E-state index is 5.44. The number of hydrogen-bond acceptors (Lipinski definition) is 4. The molecule has 2 N–H and O–H groups in total. The van der Waals surface area contributed by atoms with Crippen molar-refractivity contribution in [2.24, 2.45) is 4.99 Å². The molecule has 2 aromatic rings. The molecule has 1 atom stereocenters. The van der Waals surface area contributed by atoms with E-state index in [1.807, 2.05) is 0 Å². The Bertz CT molecular complexity index is 824. The predicted molar refractivity (Wildman–Crippen MR) is 143 cm³/mol. The Morgan fingerprint density at radius 1 is 1.00 bits per heavy atom. The molecular weight excluding hydrogens is 513 g/mol. The lowest BCUT2D eigenvalue weighted by atomic mass is 10.1. The van der Waals surface area contributed by atoms with Crippen LogP contribution in [0.3, 0.4) is 0 Å². The number of rotatable bonds is 7. The van der Waals surface area contributed by atoms with Crippen LogP contribution in [0.1, 0.15) is 24.5 Å². The molecule has 2 heterocycles. The molecule has 174 valence electrons. The molecule has 0 bridgehead atoms. The third-order valence-corrected chi connectivity index (χ3v) is 5.95. The largest absolute Gasteiger partial charge is 0.379 e. The second kappa shape index (κ2) is 13.0. The van der Waals surface area contributed by atoms with Gasteiger partial charge >= 0.3 is 0 Å². The molecule has 2 fully saturated rings. The molecule has 2 aliphatic rings. The number of para-hydroxylation sites is 1. The first-order valence-corrected chi connectivity index (χ1v) is 11.5. The molecule has 32 heavy (non-hydrogen) atoms. The Morgan fingerprint density at radius 3 is 2.44 bits per heavy atom. The first kappa shape index (κ1) is 24.8. The molecule has 4 rings (SSSR count). The van der Waals surface area contributed by atoms with Crippen LogP contribution < -0.4 is 15.5 Å². The highest BCUT2D eigenvalue weighted by molar-refractivity contribution is 14.0. The molecule has 7 heteroatoms. The van der Waals surface area contributed by atoms with Gasteiger partial charge in [0.15, 0.2) is 5.96 Å². The number of nitrogens with one attached hydrogen (secondary N) is 2. The highest BCUT2D eigenvalue weighted by Gasteiger charge is 2.23. The summed E-state index contributed by atoms with van der Waals surface area (Å²) in [5.41, 5.74) is 3.89. The van der Waals surface area contributed by atoms with Gasteiger partial charge in [0, 0.05) is 51.0 Å². The number of aliphatic imine (C=N–C) groups is 1. The van der Waals surface area contributed by atoms with Crippen molar-refractivity contribution in [2.75, 3.05) is 50.8 Å². The fourth-order valence-corrected chi connectivity index (χ4v) is 4.20. The Balaban J connectivity index is 0.00000289. The summed E-state index contributed by atoms with van der Waals surface area (Å²) in [5, 5.41) is 7.03. The van der Waals surface area contributed by atoms with Crippen molar-refractivity contribution in [1.82, 2.24) is 15.5 Å². The summed E-state index contributed by atoms with van der Waals surface area (Å²) in [6, 6.07) is 19.9. The zero-order valence-corrected chi connectivity index (χ0v) is 21.3. The van der Waals surface area contributed by atoms with Crippen LogP contribution in [0.25, 0.3) is 0 Å². The van der Waals surface area contributed by atoms with Crippen molar-refractivity contribution in [3.05, 3.63) is 65.7 Å². The molecule has 0 spiro atoms. The van der Waals surface area contributed by atoms with Crippen molar-refractivity contribution in [3.63, 3.8) is 0 Å². The van der Waals surface area contributed by atoms with Crippen LogP contribution in [0.15, 0.2) is 59.6 Å². The van der Waals surface area contributed by atoms with Gasteiger partial charge in [-0.05, 0) is 36.6 Å². The fraction of sp³-hybridized carbons (Fsp3) is 0.480. The Kier molecular flexibility index (Phi) is 10.1. The van der Waals surface area contributed by atoms with Gasteiger partial charge in [0.05, 0.1) is 19.8 Å². The van der Waals surface area contributed by atoms with Crippen molar-refractivity contribution >= 4 is 35.6 Å². The minimum atomic E-state index is 0. The minimum absolute atomic E-state index is 0. The molecule has 0 radical (unpaired) electrons. The van der Waals surface area contributed by atoms with Crippen molar-refractivity contribution < 1.29 is 4.74 Å². The minimum Gasteiger partial charge on any atom is -0.379 e. The summed E-state index contributed by atoms with van der Waals surface area (Å²) in [4.78, 5) is 9.73. The Morgan fingerprint density at radius 2 is 1.72 bits per heavy atom. The summed E-state index contributed by atoms with van der Waals surface area (Å²) in [5.74, 6) is 0.903. The lowest BCUT2D eigenvalue weighted by Gasteiger charge is -2.26. The lowest BCUT2D eigenvalue weighted by molar-refractivity contribution is 0.0342. The average molecular weight is 550 g/mol. The van der Waals surface area contributed by atoms with Crippen molar-refractivity contribution in [3.8, 4) is 0 Å². The highest BCUT2D eigenvalue weighted by atomic mass is 127. The third kappa shape index (κ3) is 7.35. The lowest BCUT2D eigenvalue weighted by Crippen LogP contribution is -2.44. The van der Waals surface area contributed by atoms with Crippen LogP contribution in [-0.4, -0.2) is 62.8 Å². The number of hydrogen-bond donors (Lipinski definition) is 2. The van der Waals surface area contributed by atoms with Crippen LogP contribution in [0, 0.1) is 0 Å². The van der Waals surface area contributed by atoms with Gasteiger partial charge in [-0.3, -0.25) is 4.90 Å². The molecule has 0 amide bonds. The average Bonchev–Trinajstić information content (AvgIpc) is 3.28. The standard InChI is InChI=1S/C25H35N5O.HI/c1-2-26-25(28-23-12-13-30(20-23)24-6-4-3-5-7-24)27-18-21-8-10-22(11-9-21)19-29-14-16-31-17-15-29;/h3-11,23H,2,12-20H2,1H3,(H2,26,27,28);1H. The van der Waals surface area contributed by atoms with E-state index in [0.29, 0.717) is 12.6 Å². The topological polar surface area (TPSA) is 52.1 Å². The molecule has 0 aliphatic carbocycles. The number of anilines is 1. The van der Waals surface area contributed by atoms with E-state index in [1.54, 1.807) is 0 Å². The van der Waals surface area contributed by atoms with E-state index in [9.17, 15) is 0 Å². The normalized spacial score (nSPS) is 19.5. The zero-order valence-electron chi connectivity index (χ0n) is 19.0. The van der Waals surface area contributed by atoms with Crippen molar-refractivity contribution in [1.29, 1.82) is 0 Å². The summed E-state index contributed by atoms with van der Waals surface area (Å²) in [6.07, 6.45) is 1.12. The second-order valence-corrected chi connectivity index (χ2v) is 8.31. The Hall–Kier alpha value is -1.84. The number of nitrogens with zero attached hydrogens (tertiary/aromatic N) is 3. The number of morpholine rings is 1. The maximum absolute atomic E-state index is 5.44. The molecule has 0 saturated carbocycles. The molecule has 6 nitrogen and oxygen atoms in total. The van der Waals surface area contributed by atoms with Crippen LogP contribution in [0.4, 0.5) is 5.69 Å². The molecule has 0 aromatic heterocycles. The zero-order chi connectivity index (χ0) is 21.3. The van der Waals surface area contributed by atoms with E-state index >= 15 is 0 Å². The quantitative estimate of drug-likeness (QED) is 0.315. The van der Waals surface area contributed by atoms with Gasteiger partial charge in [0.1, 0.15) is 0 Å². The summed E-state index contributed by atoms with van der Waals surface area (Å²) in [7, 11) is 0. The number of ether oxygens (including phenoxy) is 1. The highest BCUT2D eigenvalue weighted by Crippen LogP contribution is 2.19.